The maximum absolute atomic E-state index is 11.9. The average molecular weight is 242 g/mol. The minimum atomic E-state index is -0.768. The van der Waals surface area contributed by atoms with E-state index in [4.69, 9.17) is 0 Å². The fourth-order valence-electron chi connectivity index (χ4n) is 2.63. The summed E-state index contributed by atoms with van der Waals surface area (Å²) in [4.78, 5) is 13.4. The van der Waals surface area contributed by atoms with Gasteiger partial charge in [-0.3, -0.25) is 4.79 Å². The zero-order chi connectivity index (χ0) is 12.3. The number of carbonyl (C=O) groups excluding carboxylic acids is 1. The molecule has 1 amide bonds. The summed E-state index contributed by atoms with van der Waals surface area (Å²) in [6.45, 7) is 2.67. The van der Waals surface area contributed by atoms with E-state index in [2.05, 4.69) is 5.32 Å². The van der Waals surface area contributed by atoms with E-state index in [1.54, 1.807) is 4.90 Å². The van der Waals surface area contributed by atoms with Gasteiger partial charge < -0.3 is 20.4 Å². The van der Waals surface area contributed by atoms with Crippen molar-refractivity contribution in [3.05, 3.63) is 0 Å². The van der Waals surface area contributed by atoms with Crippen LogP contribution in [0.1, 0.15) is 25.7 Å². The van der Waals surface area contributed by atoms with Crippen molar-refractivity contribution in [3.8, 4) is 0 Å². The summed E-state index contributed by atoms with van der Waals surface area (Å²) in [6.07, 6.45) is 2.30. The topological polar surface area (TPSA) is 72.8 Å². The van der Waals surface area contributed by atoms with Crippen LogP contribution in [0.3, 0.4) is 0 Å². The molecule has 3 N–H and O–H groups in total. The van der Waals surface area contributed by atoms with Crippen molar-refractivity contribution in [2.24, 2.45) is 5.92 Å². The van der Waals surface area contributed by atoms with Crippen LogP contribution in [0.25, 0.3) is 0 Å². The number of piperidine rings is 1. The van der Waals surface area contributed by atoms with Crippen LogP contribution >= 0.6 is 0 Å². The van der Waals surface area contributed by atoms with E-state index in [0.29, 0.717) is 12.3 Å². The zero-order valence-corrected chi connectivity index (χ0v) is 10.1. The van der Waals surface area contributed by atoms with Crippen LogP contribution < -0.4 is 5.32 Å². The first-order chi connectivity index (χ1) is 8.16. The Morgan fingerprint density at radius 2 is 2.00 bits per heavy atom. The molecule has 0 bridgehead atoms. The lowest BCUT2D eigenvalue weighted by Gasteiger charge is -2.23. The first-order valence-corrected chi connectivity index (χ1v) is 6.51. The molecule has 2 saturated heterocycles. The number of carbonyl (C=O) groups is 1. The molecule has 2 rings (SSSR count). The average Bonchev–Trinajstić information content (AvgIpc) is 2.68. The number of likely N-dealkylation sites (tertiary alicyclic amines) is 1. The molecule has 5 nitrogen and oxygen atoms in total. The Bertz CT molecular complexity index is 256. The lowest BCUT2D eigenvalue weighted by atomic mass is 9.94. The minimum absolute atomic E-state index is 0.0613. The van der Waals surface area contributed by atoms with E-state index in [9.17, 15) is 15.0 Å². The molecule has 5 heteroatoms. The molecule has 0 spiro atoms. The van der Waals surface area contributed by atoms with E-state index < -0.39 is 12.2 Å². The van der Waals surface area contributed by atoms with Gasteiger partial charge in [0, 0.05) is 19.5 Å². The van der Waals surface area contributed by atoms with E-state index in [1.165, 1.54) is 12.8 Å². The van der Waals surface area contributed by atoms with Crippen molar-refractivity contribution in [3.63, 3.8) is 0 Å². The Hall–Kier alpha value is -0.650. The fraction of sp³-hybridized carbons (Fsp3) is 0.917. The van der Waals surface area contributed by atoms with Gasteiger partial charge in [-0.1, -0.05) is 0 Å². The Balaban J connectivity index is 1.70. The standard InChI is InChI=1S/C12H22N2O3/c15-10-7-14(8-11(10)16)12(17)4-3-9-2-1-5-13-6-9/h9-11,13,15-16H,1-8H2/t9?,10-,11+. The molecule has 0 aromatic heterocycles. The number of aliphatic hydroxyl groups excluding tert-OH is 2. The highest BCUT2D eigenvalue weighted by atomic mass is 16.3. The third kappa shape index (κ3) is 3.40. The van der Waals surface area contributed by atoms with Crippen molar-refractivity contribution < 1.29 is 15.0 Å². The van der Waals surface area contributed by atoms with Gasteiger partial charge in [-0.05, 0) is 38.3 Å². The summed E-state index contributed by atoms with van der Waals surface area (Å²) >= 11 is 0. The number of hydrogen-bond acceptors (Lipinski definition) is 4. The lowest BCUT2D eigenvalue weighted by molar-refractivity contribution is -0.131. The van der Waals surface area contributed by atoms with Gasteiger partial charge in [-0.25, -0.2) is 0 Å². The molecule has 17 heavy (non-hydrogen) atoms. The summed E-state index contributed by atoms with van der Waals surface area (Å²) in [5.74, 6) is 0.663. The van der Waals surface area contributed by atoms with Gasteiger partial charge >= 0.3 is 0 Å². The molecule has 3 atom stereocenters. The molecule has 98 valence electrons. The molecule has 2 aliphatic rings. The van der Waals surface area contributed by atoms with Crippen molar-refractivity contribution in [1.82, 2.24) is 10.2 Å². The van der Waals surface area contributed by atoms with E-state index in [-0.39, 0.29) is 19.0 Å². The molecule has 0 saturated carbocycles. The normalized spacial score (nSPS) is 34.0. The van der Waals surface area contributed by atoms with Crippen molar-refractivity contribution in [2.75, 3.05) is 26.2 Å². The number of amides is 1. The summed E-state index contributed by atoms with van der Waals surface area (Å²) in [6, 6.07) is 0. The fourth-order valence-corrected chi connectivity index (χ4v) is 2.63. The van der Waals surface area contributed by atoms with Gasteiger partial charge in [-0.2, -0.15) is 0 Å². The van der Waals surface area contributed by atoms with Crippen molar-refractivity contribution in [2.45, 2.75) is 37.9 Å². The van der Waals surface area contributed by atoms with Gasteiger partial charge in [-0.15, -0.1) is 0 Å². The predicted molar refractivity (Wildman–Crippen MR) is 63.4 cm³/mol. The van der Waals surface area contributed by atoms with Crippen molar-refractivity contribution >= 4 is 5.91 Å². The van der Waals surface area contributed by atoms with Crippen molar-refractivity contribution in [1.29, 1.82) is 0 Å². The number of rotatable bonds is 3. The third-order valence-electron chi connectivity index (χ3n) is 3.78. The maximum Gasteiger partial charge on any atom is 0.222 e. The molecular formula is C12H22N2O3. The van der Waals surface area contributed by atoms with Crippen LogP contribution in [0, 0.1) is 5.92 Å². The summed E-state index contributed by atoms with van der Waals surface area (Å²) in [5.41, 5.74) is 0. The summed E-state index contributed by atoms with van der Waals surface area (Å²) in [5, 5.41) is 22.1. The predicted octanol–water partition coefficient (Wildman–Crippen LogP) is -0.670. The Labute approximate surface area is 102 Å². The Morgan fingerprint density at radius 1 is 1.29 bits per heavy atom. The van der Waals surface area contributed by atoms with Gasteiger partial charge in [0.05, 0.1) is 12.2 Å². The van der Waals surface area contributed by atoms with Gasteiger partial charge in [0.15, 0.2) is 0 Å². The molecule has 0 aromatic rings. The van der Waals surface area contributed by atoms with Crippen LogP contribution in [0.5, 0.6) is 0 Å². The Morgan fingerprint density at radius 3 is 2.59 bits per heavy atom. The van der Waals surface area contributed by atoms with E-state index >= 15 is 0 Å². The molecule has 0 aliphatic carbocycles. The minimum Gasteiger partial charge on any atom is -0.388 e. The van der Waals surface area contributed by atoms with Crippen LogP contribution in [0.15, 0.2) is 0 Å². The lowest BCUT2D eigenvalue weighted by Crippen LogP contribution is -2.33. The highest BCUT2D eigenvalue weighted by Gasteiger charge is 2.32. The molecule has 2 fully saturated rings. The number of aliphatic hydroxyl groups is 2. The second-order valence-electron chi connectivity index (χ2n) is 5.18. The number of nitrogens with one attached hydrogen (secondary N) is 1. The third-order valence-corrected chi connectivity index (χ3v) is 3.78. The van der Waals surface area contributed by atoms with Crippen LogP contribution in [0.2, 0.25) is 0 Å². The van der Waals surface area contributed by atoms with E-state index in [1.807, 2.05) is 0 Å². The SMILES string of the molecule is O=C(CCC1CCCNC1)N1C[C@@H](O)[C@@H](O)C1. The van der Waals surface area contributed by atoms with Crippen LogP contribution in [0.4, 0.5) is 0 Å². The highest BCUT2D eigenvalue weighted by Crippen LogP contribution is 2.18. The Kier molecular flexibility index (Phi) is 4.36. The quantitative estimate of drug-likeness (QED) is 0.614. The smallest absolute Gasteiger partial charge is 0.222 e. The maximum atomic E-state index is 11.9. The molecule has 1 unspecified atom stereocenters. The first-order valence-electron chi connectivity index (χ1n) is 6.51. The van der Waals surface area contributed by atoms with Crippen LogP contribution in [-0.2, 0) is 4.79 Å². The summed E-state index contributed by atoms with van der Waals surface area (Å²) < 4.78 is 0. The molecule has 2 aliphatic heterocycles. The number of β-amino-alcohol motifs (C(OH)–C–C–N with tert-alkyl or cyclic N) is 2. The van der Waals surface area contributed by atoms with E-state index in [0.717, 1.165) is 19.5 Å². The largest absolute Gasteiger partial charge is 0.388 e. The second-order valence-corrected chi connectivity index (χ2v) is 5.18. The van der Waals surface area contributed by atoms with Gasteiger partial charge in [0.25, 0.3) is 0 Å². The molecule has 0 radical (unpaired) electrons. The monoisotopic (exact) mass is 242 g/mol. The molecular weight excluding hydrogens is 220 g/mol. The zero-order valence-electron chi connectivity index (χ0n) is 10.1. The highest BCUT2D eigenvalue weighted by molar-refractivity contribution is 5.76. The number of hydrogen-bond donors (Lipinski definition) is 3. The molecule has 0 aromatic carbocycles. The van der Waals surface area contributed by atoms with Gasteiger partial charge in [0.2, 0.25) is 5.91 Å². The summed E-state index contributed by atoms with van der Waals surface area (Å²) in [7, 11) is 0. The molecule has 2 heterocycles. The number of nitrogens with zero attached hydrogens (tertiary/aromatic N) is 1. The van der Waals surface area contributed by atoms with Gasteiger partial charge in [0.1, 0.15) is 0 Å². The first kappa shape index (κ1) is 12.8. The second kappa shape index (κ2) is 5.80. The van der Waals surface area contributed by atoms with Crippen LogP contribution in [-0.4, -0.2) is 59.4 Å².